The molecule has 25 heavy (non-hydrogen) atoms. The van der Waals surface area contributed by atoms with Crippen molar-refractivity contribution >= 4 is 43.5 Å². The number of hydrogen-bond acceptors (Lipinski definition) is 7. The van der Waals surface area contributed by atoms with Crippen molar-refractivity contribution in [2.45, 2.75) is 6.42 Å². The van der Waals surface area contributed by atoms with Crippen LogP contribution in [0, 0.1) is 0 Å². The van der Waals surface area contributed by atoms with E-state index in [4.69, 9.17) is 4.55 Å². The number of nitrogens with zero attached hydrogens (tertiary/aromatic N) is 1. The summed E-state index contributed by atoms with van der Waals surface area (Å²) in [6, 6.07) is 6.86. The molecule has 0 fully saturated rings. The first kappa shape index (κ1) is 20.2. The largest absolute Gasteiger partial charge is 0.319 e. The van der Waals surface area contributed by atoms with Gasteiger partial charge in [-0.3, -0.25) is 19.0 Å². The predicted octanol–water partition coefficient (Wildman–Crippen LogP) is 1.53. The van der Waals surface area contributed by atoms with E-state index in [1.165, 1.54) is 4.90 Å². The van der Waals surface area contributed by atoms with Gasteiger partial charge in [0.05, 0.1) is 11.1 Å². The number of thioether (sulfide) groups is 1. The Morgan fingerprint density at radius 2 is 1.64 bits per heavy atom. The third-order valence-corrected chi connectivity index (χ3v) is 6.60. The van der Waals surface area contributed by atoms with Crippen LogP contribution in [0.25, 0.3) is 0 Å². The molecule has 138 valence electrons. The summed E-state index contributed by atoms with van der Waals surface area (Å²) in [4.78, 5) is 25.6. The van der Waals surface area contributed by atoms with Crippen molar-refractivity contribution in [2.75, 3.05) is 36.9 Å². The van der Waals surface area contributed by atoms with Crippen molar-refractivity contribution in [3.63, 3.8) is 0 Å². The normalized spacial score (nSPS) is 14.2. The Hall–Kier alpha value is -1.07. The lowest BCUT2D eigenvalue weighted by molar-refractivity contribution is 0.0664. The lowest BCUT2D eigenvalue weighted by atomic mass is 10.1. The van der Waals surface area contributed by atoms with E-state index in [0.717, 1.165) is 18.7 Å². The van der Waals surface area contributed by atoms with Crippen LogP contribution in [0.5, 0.6) is 0 Å². The van der Waals surface area contributed by atoms with Crippen LogP contribution in [0.4, 0.5) is 0 Å². The minimum absolute atomic E-state index is 0.223. The van der Waals surface area contributed by atoms with Crippen molar-refractivity contribution in [1.82, 2.24) is 10.2 Å². The van der Waals surface area contributed by atoms with Crippen molar-refractivity contribution in [1.29, 1.82) is 0 Å². The second-order valence-corrected chi connectivity index (χ2v) is 9.97. The summed E-state index contributed by atoms with van der Waals surface area (Å²) < 4.78 is 29.6. The lowest BCUT2D eigenvalue weighted by Crippen LogP contribution is -2.31. The Balaban J connectivity index is 1.54. The molecule has 0 unspecified atom stereocenters. The molecule has 2 rings (SSSR count). The van der Waals surface area contributed by atoms with E-state index >= 15 is 0 Å². The smallest absolute Gasteiger partial charge is 0.316 e. The maximum atomic E-state index is 12.2. The van der Waals surface area contributed by atoms with Crippen molar-refractivity contribution in [3.8, 4) is 0 Å². The van der Waals surface area contributed by atoms with Gasteiger partial charge in [-0.05, 0) is 41.6 Å². The zero-order valence-corrected chi connectivity index (χ0v) is 16.0. The fourth-order valence-electron chi connectivity index (χ4n) is 2.34. The van der Waals surface area contributed by atoms with Gasteiger partial charge in [-0.1, -0.05) is 12.1 Å². The van der Waals surface area contributed by atoms with Gasteiger partial charge in [0, 0.05) is 24.6 Å². The van der Waals surface area contributed by atoms with Crippen LogP contribution in [0.3, 0.4) is 0 Å². The topological polar surface area (TPSA) is 104 Å². The van der Waals surface area contributed by atoms with Crippen LogP contribution in [-0.4, -0.2) is 66.6 Å². The molecule has 2 N–H and O–H groups in total. The van der Waals surface area contributed by atoms with Gasteiger partial charge in [0.2, 0.25) is 0 Å². The number of benzene rings is 1. The van der Waals surface area contributed by atoms with E-state index < -0.39 is 9.15 Å². The van der Waals surface area contributed by atoms with Gasteiger partial charge in [0.1, 0.15) is 0 Å². The molecule has 1 heterocycles. The molecule has 1 aliphatic rings. The maximum absolute atomic E-state index is 12.2. The van der Waals surface area contributed by atoms with E-state index in [2.05, 4.69) is 5.32 Å². The van der Waals surface area contributed by atoms with Gasteiger partial charge >= 0.3 is 9.15 Å². The monoisotopic (exact) mass is 404 g/mol. The van der Waals surface area contributed by atoms with Gasteiger partial charge in [-0.25, -0.2) is 0 Å². The maximum Gasteiger partial charge on any atom is 0.319 e. The number of rotatable bonds is 11. The van der Waals surface area contributed by atoms with Gasteiger partial charge in [0.25, 0.3) is 11.8 Å². The van der Waals surface area contributed by atoms with Crippen molar-refractivity contribution < 1.29 is 22.6 Å². The molecule has 0 aliphatic carbocycles. The summed E-state index contributed by atoms with van der Waals surface area (Å²) in [5.74, 6) is 1.41. The molecule has 0 aromatic heterocycles. The van der Waals surface area contributed by atoms with E-state index in [0.29, 0.717) is 46.5 Å². The van der Waals surface area contributed by atoms with Crippen LogP contribution in [0.1, 0.15) is 27.1 Å². The number of amides is 2. The molecule has 1 aromatic rings. The lowest BCUT2D eigenvalue weighted by Gasteiger charge is -2.13. The number of imide groups is 1. The number of fused-ring (bicyclic) bond motifs is 1. The third-order valence-electron chi connectivity index (χ3n) is 3.49. The highest BCUT2D eigenvalue weighted by Gasteiger charge is 2.34. The fourth-order valence-corrected chi connectivity index (χ4v) is 4.53. The highest BCUT2D eigenvalue weighted by molar-refractivity contribution is 8.69. The summed E-state index contributed by atoms with van der Waals surface area (Å²) in [5.41, 5.74) is 0.953. The van der Waals surface area contributed by atoms with Gasteiger partial charge < -0.3 is 5.32 Å². The van der Waals surface area contributed by atoms with Crippen molar-refractivity contribution in [3.05, 3.63) is 35.4 Å². The Morgan fingerprint density at radius 1 is 1.00 bits per heavy atom. The molecule has 0 saturated carbocycles. The molecule has 1 aliphatic heterocycles. The van der Waals surface area contributed by atoms with Crippen molar-refractivity contribution in [2.24, 2.45) is 0 Å². The molecule has 0 bridgehead atoms. The first-order chi connectivity index (χ1) is 11.9. The first-order valence-electron chi connectivity index (χ1n) is 7.75. The Kier molecular flexibility index (Phi) is 7.76. The van der Waals surface area contributed by atoms with E-state index in [9.17, 15) is 18.0 Å². The zero-order valence-electron chi connectivity index (χ0n) is 13.5. The van der Waals surface area contributed by atoms with E-state index in [1.807, 2.05) is 0 Å². The highest BCUT2D eigenvalue weighted by atomic mass is 33.1. The second-order valence-electron chi connectivity index (χ2n) is 5.27. The van der Waals surface area contributed by atoms with Crippen LogP contribution in [-0.2, 0) is 9.15 Å². The number of carbonyl (C=O) groups is 2. The molecule has 10 heteroatoms. The SMILES string of the molecule is O=C1c2ccccc2C(=O)N1CCSCCCNCCSS(=O)(=O)O. The number of nitrogens with one attached hydrogen (secondary N) is 1. The molecular formula is C15H20N2O5S3. The summed E-state index contributed by atoms with van der Waals surface area (Å²) in [6.45, 7) is 1.64. The van der Waals surface area contributed by atoms with Gasteiger partial charge in [0.15, 0.2) is 0 Å². The summed E-state index contributed by atoms with van der Waals surface area (Å²) in [6.07, 6.45) is 0.892. The Labute approximate surface area is 155 Å². The van der Waals surface area contributed by atoms with E-state index in [-0.39, 0.29) is 11.8 Å². The second kappa shape index (κ2) is 9.58. The first-order valence-corrected chi connectivity index (χ1v) is 11.9. The molecule has 2 amide bonds. The predicted molar refractivity (Wildman–Crippen MR) is 101 cm³/mol. The Morgan fingerprint density at radius 3 is 2.24 bits per heavy atom. The molecule has 0 atom stereocenters. The molecule has 0 spiro atoms. The van der Waals surface area contributed by atoms with Crippen LogP contribution >= 0.6 is 22.6 Å². The molecule has 1 aromatic carbocycles. The molecule has 0 radical (unpaired) electrons. The minimum Gasteiger partial charge on any atom is -0.316 e. The standard InChI is InChI=1S/C15H20N2O5S3/c18-14-12-4-1-2-5-13(12)15(19)17(14)8-11-23-9-3-6-16-7-10-24-25(20,21)22/h1-2,4-5,16H,3,6-11H2,(H,20,21,22). The Bertz CT molecular complexity index is 689. The number of hydrogen-bond donors (Lipinski definition) is 2. The average molecular weight is 405 g/mol. The van der Waals surface area contributed by atoms with Crippen LogP contribution < -0.4 is 5.32 Å². The highest BCUT2D eigenvalue weighted by Crippen LogP contribution is 2.22. The zero-order chi connectivity index (χ0) is 18.3. The van der Waals surface area contributed by atoms with Gasteiger partial charge in [-0.2, -0.15) is 20.2 Å². The van der Waals surface area contributed by atoms with Crippen LogP contribution in [0.2, 0.25) is 0 Å². The fraction of sp³-hybridized carbons (Fsp3) is 0.467. The minimum atomic E-state index is -3.95. The summed E-state index contributed by atoms with van der Waals surface area (Å²) in [5, 5.41) is 3.09. The molecule has 0 saturated heterocycles. The van der Waals surface area contributed by atoms with E-state index in [1.54, 1.807) is 36.0 Å². The quantitative estimate of drug-likeness (QED) is 0.248. The number of carbonyl (C=O) groups excluding carboxylic acids is 2. The molecule has 7 nitrogen and oxygen atoms in total. The third kappa shape index (κ3) is 6.30. The summed E-state index contributed by atoms with van der Waals surface area (Å²) >= 11 is 1.66. The van der Waals surface area contributed by atoms with Crippen LogP contribution in [0.15, 0.2) is 24.3 Å². The molecular weight excluding hydrogens is 384 g/mol. The van der Waals surface area contributed by atoms with Gasteiger partial charge in [-0.15, -0.1) is 0 Å². The average Bonchev–Trinajstić information content (AvgIpc) is 2.80. The summed E-state index contributed by atoms with van der Waals surface area (Å²) in [7, 11) is -3.45.